The van der Waals surface area contributed by atoms with Crippen LogP contribution in [0.3, 0.4) is 0 Å². The predicted octanol–water partition coefficient (Wildman–Crippen LogP) is 4.52. The Labute approximate surface area is 180 Å². The lowest BCUT2D eigenvalue weighted by molar-refractivity contribution is -0.121. The molecular weight excluding hydrogens is 394 g/mol. The van der Waals surface area contributed by atoms with Gasteiger partial charge in [-0.1, -0.05) is 24.3 Å². The molecule has 2 amide bonds. The van der Waals surface area contributed by atoms with Gasteiger partial charge in [0.2, 0.25) is 5.91 Å². The van der Waals surface area contributed by atoms with Crippen molar-refractivity contribution in [3.05, 3.63) is 89.2 Å². The number of carbonyl (C=O) groups excluding carboxylic acids is 2. The van der Waals surface area contributed by atoms with Crippen molar-refractivity contribution < 1.29 is 9.59 Å². The molecular formula is C24H23N3O2S. The average molecular weight is 418 g/mol. The first-order chi connectivity index (χ1) is 14.6. The summed E-state index contributed by atoms with van der Waals surface area (Å²) in [5, 5.41) is 2.98. The smallest absolute Gasteiger partial charge is 0.260 e. The van der Waals surface area contributed by atoms with Crippen LogP contribution in [0.4, 0.5) is 5.69 Å². The maximum absolute atomic E-state index is 13.1. The molecule has 1 atom stereocenters. The minimum absolute atomic E-state index is 0.113. The van der Waals surface area contributed by atoms with Gasteiger partial charge in [-0.15, -0.1) is 11.8 Å². The van der Waals surface area contributed by atoms with Crippen LogP contribution in [0.5, 0.6) is 0 Å². The van der Waals surface area contributed by atoms with E-state index in [-0.39, 0.29) is 18.2 Å². The second-order valence-corrected chi connectivity index (χ2v) is 8.17. The Bertz CT molecular complexity index is 1080. The molecule has 2 heterocycles. The first-order valence-corrected chi connectivity index (χ1v) is 11.0. The molecule has 0 radical (unpaired) electrons. The van der Waals surface area contributed by atoms with Gasteiger partial charge in [0.1, 0.15) is 0 Å². The van der Waals surface area contributed by atoms with Crippen LogP contribution in [-0.2, 0) is 11.3 Å². The molecule has 0 fully saturated rings. The van der Waals surface area contributed by atoms with Gasteiger partial charge in [0, 0.05) is 23.3 Å². The van der Waals surface area contributed by atoms with E-state index < -0.39 is 6.04 Å². The second-order valence-electron chi connectivity index (χ2n) is 7.30. The number of hydrogen-bond donors (Lipinski definition) is 1. The van der Waals surface area contributed by atoms with Gasteiger partial charge >= 0.3 is 0 Å². The Morgan fingerprint density at radius 3 is 2.67 bits per heavy atom. The Kier molecular flexibility index (Phi) is 5.86. The average Bonchev–Trinajstić information content (AvgIpc) is 3.04. The lowest BCUT2D eigenvalue weighted by Gasteiger charge is -2.25. The molecule has 6 heteroatoms. The van der Waals surface area contributed by atoms with E-state index in [9.17, 15) is 9.59 Å². The molecule has 5 nitrogen and oxygen atoms in total. The molecule has 0 bridgehead atoms. The number of hydrogen-bond acceptors (Lipinski definition) is 4. The van der Waals surface area contributed by atoms with Crippen LogP contribution in [0.1, 0.15) is 39.6 Å². The molecule has 1 aliphatic rings. The van der Waals surface area contributed by atoms with E-state index in [1.165, 1.54) is 4.90 Å². The van der Waals surface area contributed by atoms with Gasteiger partial charge < -0.3 is 5.32 Å². The van der Waals surface area contributed by atoms with E-state index in [0.29, 0.717) is 17.8 Å². The molecule has 4 rings (SSSR count). The zero-order chi connectivity index (χ0) is 21.1. The third kappa shape index (κ3) is 4.09. The Morgan fingerprint density at radius 1 is 1.13 bits per heavy atom. The number of amides is 2. The summed E-state index contributed by atoms with van der Waals surface area (Å²) < 4.78 is 0. The van der Waals surface area contributed by atoms with E-state index in [0.717, 1.165) is 16.8 Å². The Balaban J connectivity index is 1.53. The number of aryl methyl sites for hydroxylation is 1. The Morgan fingerprint density at radius 2 is 1.93 bits per heavy atom. The van der Waals surface area contributed by atoms with Crippen LogP contribution >= 0.6 is 11.8 Å². The molecule has 0 spiro atoms. The number of aromatic nitrogens is 1. The molecule has 1 aromatic heterocycles. The van der Waals surface area contributed by atoms with Gasteiger partial charge in [0.25, 0.3) is 5.91 Å². The van der Waals surface area contributed by atoms with Crippen LogP contribution in [-0.4, -0.2) is 23.1 Å². The van der Waals surface area contributed by atoms with Gasteiger partial charge in [-0.2, -0.15) is 0 Å². The summed E-state index contributed by atoms with van der Waals surface area (Å²) in [5.74, 6) is -0.230. The molecule has 1 unspecified atom stereocenters. The van der Waals surface area contributed by atoms with E-state index in [2.05, 4.69) is 10.3 Å². The number of nitrogens with zero attached hydrogens (tertiary/aromatic N) is 2. The molecule has 1 N–H and O–H groups in total. The SMILES string of the molecule is CSc1ccc(CNC(=O)CC2c3ncccc3C(=O)N2c2cccc(C)c2)cc1. The van der Waals surface area contributed by atoms with Gasteiger partial charge in [0.15, 0.2) is 0 Å². The fourth-order valence-electron chi connectivity index (χ4n) is 3.71. The summed E-state index contributed by atoms with van der Waals surface area (Å²) in [7, 11) is 0. The molecule has 0 aliphatic carbocycles. The molecule has 30 heavy (non-hydrogen) atoms. The largest absolute Gasteiger partial charge is 0.352 e. The van der Waals surface area contributed by atoms with E-state index in [1.807, 2.05) is 61.7 Å². The number of nitrogens with one attached hydrogen (secondary N) is 1. The number of rotatable bonds is 6. The normalized spacial score (nSPS) is 15.2. The highest BCUT2D eigenvalue weighted by Crippen LogP contribution is 2.38. The van der Waals surface area contributed by atoms with Crippen molar-refractivity contribution in [1.82, 2.24) is 10.3 Å². The van der Waals surface area contributed by atoms with Crippen molar-refractivity contribution in [2.45, 2.75) is 30.8 Å². The van der Waals surface area contributed by atoms with E-state index >= 15 is 0 Å². The first-order valence-electron chi connectivity index (χ1n) is 9.81. The van der Waals surface area contributed by atoms with E-state index in [4.69, 9.17) is 0 Å². The maximum Gasteiger partial charge on any atom is 0.260 e. The number of thioether (sulfide) groups is 1. The second kappa shape index (κ2) is 8.71. The monoisotopic (exact) mass is 417 g/mol. The molecule has 1 aliphatic heterocycles. The fourth-order valence-corrected chi connectivity index (χ4v) is 4.12. The molecule has 3 aromatic rings. The van der Waals surface area contributed by atoms with Crippen LogP contribution < -0.4 is 10.2 Å². The number of pyridine rings is 1. The summed E-state index contributed by atoms with van der Waals surface area (Å²) >= 11 is 1.68. The number of anilines is 1. The molecule has 152 valence electrons. The number of benzene rings is 2. The Hall–Kier alpha value is -3.12. The zero-order valence-electron chi connectivity index (χ0n) is 17.0. The van der Waals surface area contributed by atoms with Crippen molar-refractivity contribution in [3.63, 3.8) is 0 Å². The van der Waals surface area contributed by atoms with Gasteiger partial charge in [-0.05, 0) is 60.7 Å². The third-order valence-electron chi connectivity index (χ3n) is 5.22. The number of fused-ring (bicyclic) bond motifs is 1. The standard InChI is InChI=1S/C24H23N3O2S/c1-16-5-3-6-18(13-16)27-21(23-20(24(27)29)7-4-12-25-23)14-22(28)26-15-17-8-10-19(30-2)11-9-17/h3-13,21H,14-15H2,1-2H3,(H,26,28). The van der Waals surface area contributed by atoms with Crippen LogP contribution in [0, 0.1) is 6.92 Å². The fraction of sp³-hybridized carbons (Fsp3) is 0.208. The van der Waals surface area contributed by atoms with Crippen LogP contribution in [0.25, 0.3) is 0 Å². The van der Waals surface area contributed by atoms with Crippen LogP contribution in [0.2, 0.25) is 0 Å². The summed E-state index contributed by atoms with van der Waals surface area (Å²) in [6.45, 7) is 2.44. The van der Waals surface area contributed by atoms with Gasteiger partial charge in [0.05, 0.1) is 23.7 Å². The highest BCUT2D eigenvalue weighted by Gasteiger charge is 2.39. The van der Waals surface area contributed by atoms with E-state index in [1.54, 1.807) is 35.0 Å². The highest BCUT2D eigenvalue weighted by atomic mass is 32.2. The molecule has 2 aromatic carbocycles. The summed E-state index contributed by atoms with van der Waals surface area (Å²) in [4.78, 5) is 33.2. The van der Waals surface area contributed by atoms with Crippen molar-refractivity contribution in [2.75, 3.05) is 11.2 Å². The zero-order valence-corrected chi connectivity index (χ0v) is 17.8. The highest BCUT2D eigenvalue weighted by molar-refractivity contribution is 7.98. The summed E-state index contributed by atoms with van der Waals surface area (Å²) in [6.07, 6.45) is 3.86. The quantitative estimate of drug-likeness (QED) is 0.599. The lowest BCUT2D eigenvalue weighted by Crippen LogP contribution is -2.33. The van der Waals surface area contributed by atoms with Crippen LogP contribution in [0.15, 0.2) is 71.8 Å². The molecule has 0 saturated carbocycles. The van der Waals surface area contributed by atoms with Crippen molar-refractivity contribution >= 4 is 29.3 Å². The summed E-state index contributed by atoms with van der Waals surface area (Å²) in [6, 6.07) is 19.0. The lowest BCUT2D eigenvalue weighted by atomic mass is 10.1. The minimum Gasteiger partial charge on any atom is -0.352 e. The van der Waals surface area contributed by atoms with Gasteiger partial charge in [-0.25, -0.2) is 0 Å². The van der Waals surface area contributed by atoms with Crippen molar-refractivity contribution in [1.29, 1.82) is 0 Å². The molecule has 0 saturated heterocycles. The van der Waals surface area contributed by atoms with Gasteiger partial charge in [-0.3, -0.25) is 19.5 Å². The third-order valence-corrected chi connectivity index (χ3v) is 5.97. The van der Waals surface area contributed by atoms with Crippen molar-refractivity contribution in [2.24, 2.45) is 0 Å². The predicted molar refractivity (Wildman–Crippen MR) is 120 cm³/mol. The summed E-state index contributed by atoms with van der Waals surface area (Å²) in [5.41, 5.74) is 4.09. The minimum atomic E-state index is -0.422. The number of carbonyl (C=O) groups is 2. The topological polar surface area (TPSA) is 62.3 Å². The van der Waals surface area contributed by atoms with Crippen molar-refractivity contribution in [3.8, 4) is 0 Å². The maximum atomic E-state index is 13.1. The first kappa shape index (κ1) is 20.2.